The molecule has 8 heteroatoms. The highest BCUT2D eigenvalue weighted by atomic mass is 19.3. The molecule has 0 aromatic heterocycles. The number of rotatable bonds is 16. The molecule has 2 fully saturated rings. The molecule has 2 rings (SSSR count). The molecule has 2 N–H and O–H groups in total. The Balaban J connectivity index is 1.91. The second-order valence-electron chi connectivity index (χ2n) is 10.7. The summed E-state index contributed by atoms with van der Waals surface area (Å²) in [6, 6.07) is 0. The molecular weight excluding hydrogens is 470 g/mol. The summed E-state index contributed by atoms with van der Waals surface area (Å²) in [5.74, 6) is -3.31. The van der Waals surface area contributed by atoms with E-state index in [1.165, 1.54) is 0 Å². The Labute approximate surface area is 215 Å². The summed E-state index contributed by atoms with van der Waals surface area (Å²) in [6.07, 6.45) is 8.24. The number of carbonyl (C=O) groups excluding carboxylic acids is 1. The van der Waals surface area contributed by atoms with Crippen molar-refractivity contribution < 1.29 is 38.0 Å². The third-order valence-electron chi connectivity index (χ3n) is 7.24. The number of allylic oxidation sites excluding steroid dienone is 2. The number of hydrogen-bond donors (Lipinski definition) is 2. The zero-order valence-electron chi connectivity index (χ0n) is 22.4. The van der Waals surface area contributed by atoms with E-state index in [4.69, 9.17) is 14.2 Å². The highest BCUT2D eigenvalue weighted by Crippen LogP contribution is 2.41. The lowest BCUT2D eigenvalue weighted by Gasteiger charge is -2.31. The number of alkyl halides is 2. The minimum Gasteiger partial charge on any atom is -0.463 e. The minimum atomic E-state index is -3.07. The summed E-state index contributed by atoms with van der Waals surface area (Å²) in [5, 5.41) is 20.9. The van der Waals surface area contributed by atoms with Gasteiger partial charge in [-0.05, 0) is 77.0 Å². The zero-order chi connectivity index (χ0) is 26.6. The fraction of sp³-hybridized carbons (Fsp3) is 0.893. The van der Waals surface area contributed by atoms with Gasteiger partial charge in [0.2, 0.25) is 0 Å². The van der Waals surface area contributed by atoms with Crippen molar-refractivity contribution in [2.45, 2.75) is 141 Å². The van der Waals surface area contributed by atoms with E-state index in [1.807, 2.05) is 26.0 Å². The lowest BCUT2D eigenvalue weighted by atomic mass is 9.85. The quantitative estimate of drug-likeness (QED) is 0.150. The van der Waals surface area contributed by atoms with Crippen LogP contribution in [0.5, 0.6) is 0 Å². The number of ether oxygens (including phenoxy) is 3. The highest BCUT2D eigenvalue weighted by Gasteiger charge is 2.44. The van der Waals surface area contributed by atoms with Crippen LogP contribution in [0.25, 0.3) is 0 Å². The molecule has 6 atom stereocenters. The SMILES string of the molecule is CCCC(F)(F)C(O)CCC[C@@H]1[C@@H](C/C=C\CCCC(=O)OC(C)C)[C@@H](O)C[C@H]1OC1CCCCO1. The van der Waals surface area contributed by atoms with Crippen LogP contribution in [0.4, 0.5) is 8.78 Å². The summed E-state index contributed by atoms with van der Waals surface area (Å²) in [6.45, 7) is 6.01. The first-order valence-electron chi connectivity index (χ1n) is 14.0. The Morgan fingerprint density at radius 3 is 2.64 bits per heavy atom. The number of unbranched alkanes of at least 4 members (excludes halogenated alkanes) is 1. The van der Waals surface area contributed by atoms with Crippen molar-refractivity contribution in [1.29, 1.82) is 0 Å². The van der Waals surface area contributed by atoms with E-state index in [1.54, 1.807) is 6.92 Å². The van der Waals surface area contributed by atoms with Gasteiger partial charge in [-0.25, -0.2) is 8.78 Å². The Bertz CT molecular complexity index is 650. The summed E-state index contributed by atoms with van der Waals surface area (Å²) < 4.78 is 45.3. The molecule has 0 aromatic carbocycles. The van der Waals surface area contributed by atoms with Crippen LogP contribution in [-0.4, -0.2) is 59.4 Å². The fourth-order valence-electron chi connectivity index (χ4n) is 5.37. The molecule has 0 aromatic rings. The molecule has 2 unspecified atom stereocenters. The normalized spacial score (nSPS) is 28.2. The van der Waals surface area contributed by atoms with Crippen molar-refractivity contribution in [2.24, 2.45) is 11.8 Å². The van der Waals surface area contributed by atoms with E-state index >= 15 is 0 Å². The van der Waals surface area contributed by atoms with Gasteiger partial charge in [0.15, 0.2) is 6.29 Å². The number of halogens is 2. The average Bonchev–Trinajstić information content (AvgIpc) is 3.10. The molecule has 210 valence electrons. The highest BCUT2D eigenvalue weighted by molar-refractivity contribution is 5.69. The second-order valence-corrected chi connectivity index (χ2v) is 10.7. The van der Waals surface area contributed by atoms with Crippen molar-refractivity contribution in [2.75, 3.05) is 6.61 Å². The van der Waals surface area contributed by atoms with Gasteiger partial charge in [0.1, 0.15) is 6.10 Å². The third kappa shape index (κ3) is 10.7. The van der Waals surface area contributed by atoms with Gasteiger partial charge >= 0.3 is 5.97 Å². The minimum absolute atomic E-state index is 0.00296. The van der Waals surface area contributed by atoms with Crippen LogP contribution in [-0.2, 0) is 19.0 Å². The molecule has 1 aliphatic carbocycles. The van der Waals surface area contributed by atoms with Crippen molar-refractivity contribution >= 4 is 5.97 Å². The lowest BCUT2D eigenvalue weighted by molar-refractivity contribution is -0.196. The lowest BCUT2D eigenvalue weighted by Crippen LogP contribution is -2.34. The Hall–Kier alpha value is -1.09. The third-order valence-corrected chi connectivity index (χ3v) is 7.24. The van der Waals surface area contributed by atoms with Gasteiger partial charge in [0.05, 0.1) is 18.3 Å². The largest absolute Gasteiger partial charge is 0.463 e. The Morgan fingerprint density at radius 1 is 1.19 bits per heavy atom. The average molecular weight is 519 g/mol. The molecule has 0 radical (unpaired) electrons. The van der Waals surface area contributed by atoms with Crippen LogP contribution in [0.3, 0.4) is 0 Å². The summed E-state index contributed by atoms with van der Waals surface area (Å²) in [5.41, 5.74) is 0. The summed E-state index contributed by atoms with van der Waals surface area (Å²) >= 11 is 0. The van der Waals surface area contributed by atoms with Gasteiger partial charge in [-0.1, -0.05) is 31.9 Å². The molecule has 0 spiro atoms. The first-order valence-corrected chi connectivity index (χ1v) is 14.0. The van der Waals surface area contributed by atoms with Gasteiger partial charge in [0.25, 0.3) is 5.92 Å². The molecule has 1 heterocycles. The number of hydrogen-bond acceptors (Lipinski definition) is 6. The first-order chi connectivity index (χ1) is 17.1. The standard InChI is InChI=1S/C28H48F2O6/c1-4-17-28(29,30)25(32)14-11-13-22-21(12-7-5-6-8-15-26(33)35-20(2)3)23(31)19-24(22)36-27-16-9-10-18-34-27/h5,7,20-25,27,31-32H,4,6,8-19H2,1-3H3/b7-5-/t21-,22-,23+,24-,25?,27?/m1/s1. The predicted molar refractivity (Wildman–Crippen MR) is 135 cm³/mol. The van der Waals surface area contributed by atoms with Crippen molar-refractivity contribution in [3.05, 3.63) is 12.2 Å². The summed E-state index contributed by atoms with van der Waals surface area (Å²) in [4.78, 5) is 11.7. The van der Waals surface area contributed by atoms with Crippen molar-refractivity contribution in [3.8, 4) is 0 Å². The molecule has 1 saturated heterocycles. The maximum Gasteiger partial charge on any atom is 0.306 e. The number of esters is 1. The number of aliphatic hydroxyl groups excluding tert-OH is 2. The molecule has 6 nitrogen and oxygen atoms in total. The van der Waals surface area contributed by atoms with E-state index < -0.39 is 18.1 Å². The van der Waals surface area contributed by atoms with E-state index in [-0.39, 0.29) is 49.1 Å². The van der Waals surface area contributed by atoms with Gasteiger partial charge in [-0.2, -0.15) is 0 Å². The second kappa shape index (κ2) is 16.0. The summed E-state index contributed by atoms with van der Waals surface area (Å²) in [7, 11) is 0. The van der Waals surface area contributed by atoms with Gasteiger partial charge < -0.3 is 24.4 Å². The van der Waals surface area contributed by atoms with Crippen molar-refractivity contribution in [3.63, 3.8) is 0 Å². The van der Waals surface area contributed by atoms with Crippen LogP contribution >= 0.6 is 0 Å². The molecule has 0 bridgehead atoms. The topological polar surface area (TPSA) is 85.2 Å². The van der Waals surface area contributed by atoms with E-state index in [9.17, 15) is 23.8 Å². The maximum atomic E-state index is 14.1. The van der Waals surface area contributed by atoms with Crippen molar-refractivity contribution in [1.82, 2.24) is 0 Å². The molecular formula is C28H48F2O6. The monoisotopic (exact) mass is 518 g/mol. The van der Waals surface area contributed by atoms with Crippen LogP contribution in [0.15, 0.2) is 12.2 Å². The van der Waals surface area contributed by atoms with Crippen LogP contribution in [0.1, 0.15) is 104 Å². The fourth-order valence-corrected chi connectivity index (χ4v) is 5.37. The maximum absolute atomic E-state index is 14.1. The number of carbonyl (C=O) groups is 1. The van der Waals surface area contributed by atoms with E-state index in [0.29, 0.717) is 51.6 Å². The molecule has 0 amide bonds. The van der Waals surface area contributed by atoms with E-state index in [0.717, 1.165) is 25.7 Å². The Kier molecular flexibility index (Phi) is 13.8. The zero-order valence-corrected chi connectivity index (χ0v) is 22.4. The smallest absolute Gasteiger partial charge is 0.306 e. The molecule has 1 saturated carbocycles. The Morgan fingerprint density at radius 2 is 1.97 bits per heavy atom. The van der Waals surface area contributed by atoms with Crippen LogP contribution in [0, 0.1) is 11.8 Å². The molecule has 2 aliphatic rings. The van der Waals surface area contributed by atoms with Gasteiger partial charge in [0, 0.05) is 25.9 Å². The first kappa shape index (κ1) is 31.1. The van der Waals surface area contributed by atoms with Crippen LogP contribution < -0.4 is 0 Å². The van der Waals surface area contributed by atoms with Crippen LogP contribution in [0.2, 0.25) is 0 Å². The van der Waals surface area contributed by atoms with Gasteiger partial charge in [-0.3, -0.25) is 4.79 Å². The van der Waals surface area contributed by atoms with Gasteiger partial charge in [-0.15, -0.1) is 0 Å². The van der Waals surface area contributed by atoms with E-state index in [2.05, 4.69) is 0 Å². The number of aliphatic hydroxyl groups is 2. The molecule has 1 aliphatic heterocycles. The molecule has 36 heavy (non-hydrogen) atoms. The predicted octanol–water partition coefficient (Wildman–Crippen LogP) is 5.93.